The van der Waals surface area contributed by atoms with Crippen LogP contribution >= 0.6 is 0 Å². The molecule has 6 nitrogen and oxygen atoms in total. The van der Waals surface area contributed by atoms with Crippen LogP contribution in [0.5, 0.6) is 0 Å². The molecule has 2 aliphatic heterocycles. The summed E-state index contributed by atoms with van der Waals surface area (Å²) in [7, 11) is 0. The number of carbonyl (C=O) groups is 2. The number of nitrogens with one attached hydrogen (secondary N) is 2. The number of fused-ring (bicyclic) bond motifs is 14. The molecule has 0 spiro atoms. The van der Waals surface area contributed by atoms with E-state index < -0.39 is 0 Å². The predicted molar refractivity (Wildman–Crippen MR) is 190 cm³/mol. The van der Waals surface area contributed by atoms with Crippen LogP contribution in [0.3, 0.4) is 0 Å². The van der Waals surface area contributed by atoms with Gasteiger partial charge in [-0.2, -0.15) is 0 Å². The fourth-order valence-corrected chi connectivity index (χ4v) is 11.2. The molecule has 6 saturated carbocycles. The van der Waals surface area contributed by atoms with E-state index in [-0.39, 0.29) is 22.4 Å². The Balaban J connectivity index is 1.01. The lowest BCUT2D eigenvalue weighted by atomic mass is 9.37. The number of ketones is 2. The average molecular weight is 633 g/mol. The third-order valence-corrected chi connectivity index (χ3v) is 13.9. The van der Waals surface area contributed by atoms with E-state index in [1.807, 2.05) is 0 Å². The Bertz CT molecular complexity index is 2080. The molecule has 2 N–H and O–H groups in total. The molecule has 0 atom stereocenters. The van der Waals surface area contributed by atoms with Gasteiger partial charge < -0.3 is 9.97 Å². The van der Waals surface area contributed by atoms with Crippen molar-refractivity contribution in [2.45, 2.75) is 82.5 Å². The molecular weight excluding hydrogens is 592 g/mol. The molecule has 6 heteroatoms. The van der Waals surface area contributed by atoms with E-state index in [9.17, 15) is 9.59 Å². The Morgan fingerprint density at radius 3 is 1.46 bits per heavy atom. The van der Waals surface area contributed by atoms with Crippen molar-refractivity contribution in [2.24, 2.45) is 16.2 Å². The van der Waals surface area contributed by atoms with Crippen LogP contribution in [0.4, 0.5) is 0 Å². The number of allylic oxidation sites excluding steroid dienone is 4. The van der Waals surface area contributed by atoms with E-state index in [4.69, 9.17) is 9.97 Å². The van der Waals surface area contributed by atoms with Gasteiger partial charge in [-0.25, -0.2) is 9.97 Å². The second-order valence-electron chi connectivity index (χ2n) is 15.8. The Labute approximate surface area is 280 Å². The van der Waals surface area contributed by atoms with E-state index in [0.29, 0.717) is 10.8 Å². The number of carbonyl (C=O) groups excluding carboxylic acids is 2. The van der Waals surface area contributed by atoms with Gasteiger partial charge in [-0.15, -0.1) is 0 Å². The normalized spacial score (nSPS) is 31.9. The van der Waals surface area contributed by atoms with Gasteiger partial charge in [0.25, 0.3) is 0 Å². The molecule has 3 aromatic rings. The molecule has 0 radical (unpaired) electrons. The summed E-state index contributed by atoms with van der Waals surface area (Å²) in [5.41, 5.74) is 11.1. The molecule has 240 valence electrons. The number of rotatable bonds is 3. The first-order valence-electron chi connectivity index (χ1n) is 17.9. The average Bonchev–Trinajstić information content (AvgIpc) is 3.95. The van der Waals surface area contributed by atoms with Gasteiger partial charge in [0.05, 0.1) is 22.8 Å². The lowest BCUT2D eigenvalue weighted by molar-refractivity contribution is -0.143. The summed E-state index contributed by atoms with van der Waals surface area (Å²) in [4.78, 5) is 42.7. The fraction of sp³-hybridized carbons (Fsp3) is 0.381. The monoisotopic (exact) mass is 632 g/mol. The van der Waals surface area contributed by atoms with E-state index in [1.165, 1.54) is 75.5 Å². The van der Waals surface area contributed by atoms with Crippen LogP contribution in [0, 0.1) is 16.2 Å². The summed E-state index contributed by atoms with van der Waals surface area (Å²) in [5, 5.41) is 0. The second kappa shape index (κ2) is 9.97. The number of H-pyrrole nitrogens is 2. The largest absolute Gasteiger partial charge is 0.355 e. The molecule has 0 saturated heterocycles. The van der Waals surface area contributed by atoms with Crippen LogP contribution in [0.1, 0.15) is 105 Å². The van der Waals surface area contributed by atoms with Crippen molar-refractivity contribution in [3.63, 3.8) is 0 Å². The number of hydrogen-bond donors (Lipinski definition) is 2. The maximum absolute atomic E-state index is 12.9. The first-order valence-corrected chi connectivity index (χ1v) is 17.9. The smallest absolute Gasteiger partial charge is 0.182 e. The zero-order chi connectivity index (χ0) is 32.1. The SMILES string of the molecule is O=C1C=CC(=O)C(C23CCC(C45CCC(c6c7nc(cc8ccc(cc9ccc(cc%10nc6C=C%10)[nH]9)[nH]8)C=C7)(CC4)CC5)(CC2)CC3)=C1. The lowest BCUT2D eigenvalue weighted by Crippen LogP contribution is -2.57. The van der Waals surface area contributed by atoms with Crippen molar-refractivity contribution >= 4 is 57.9 Å². The highest BCUT2D eigenvalue weighted by atomic mass is 16.1. The molecule has 7 aliphatic carbocycles. The molecule has 3 aromatic heterocycles. The minimum atomic E-state index is -0.0967. The topological polar surface area (TPSA) is 91.5 Å². The maximum atomic E-state index is 12.9. The standard InChI is InChI=1S/C42H40N4O2/c47-33-7-10-37(48)34(26-33)39-11-17-41(18-12-39,19-13-39)42-20-14-40(15-21-42,16-22-42)38-35-8-5-31(45-35)24-29-3-1-27(43-29)23-28-2-4-30(44-28)25-32-6-9-36(38)46-32/h1-10,23-26,43-44H,11-22H2. The van der Waals surface area contributed by atoms with E-state index in [0.717, 1.165) is 69.7 Å². The molecule has 0 amide bonds. The Hall–Kier alpha value is -4.58. The van der Waals surface area contributed by atoms with Crippen molar-refractivity contribution in [3.05, 3.63) is 94.6 Å². The van der Waals surface area contributed by atoms with Gasteiger partial charge in [-0.05, 0) is 184 Å². The third kappa shape index (κ3) is 4.17. The molecule has 0 aromatic carbocycles. The molecule has 0 unspecified atom stereocenters. The van der Waals surface area contributed by atoms with Gasteiger partial charge in [0, 0.05) is 33.2 Å². The van der Waals surface area contributed by atoms with Crippen LogP contribution in [0.2, 0.25) is 0 Å². The molecule has 12 bridgehead atoms. The summed E-state index contributed by atoms with van der Waals surface area (Å²) in [6, 6.07) is 14.9. The number of aromatic nitrogens is 4. The molecular formula is C42H40N4O2. The van der Waals surface area contributed by atoms with Gasteiger partial charge in [0.15, 0.2) is 11.6 Å². The van der Waals surface area contributed by atoms with Crippen LogP contribution in [0.25, 0.3) is 46.4 Å². The van der Waals surface area contributed by atoms with Crippen LogP contribution < -0.4 is 0 Å². The minimum absolute atomic E-state index is 0.0266. The van der Waals surface area contributed by atoms with Crippen molar-refractivity contribution in [1.82, 2.24) is 19.9 Å². The minimum Gasteiger partial charge on any atom is -0.355 e. The van der Waals surface area contributed by atoms with E-state index in [2.05, 4.69) is 76.7 Å². The quantitative estimate of drug-likeness (QED) is 0.194. The van der Waals surface area contributed by atoms with E-state index in [1.54, 1.807) is 6.08 Å². The third-order valence-electron chi connectivity index (χ3n) is 13.9. The van der Waals surface area contributed by atoms with Crippen LogP contribution in [-0.4, -0.2) is 31.5 Å². The summed E-state index contributed by atoms with van der Waals surface area (Å²) >= 11 is 0. The fourth-order valence-electron chi connectivity index (χ4n) is 11.2. The van der Waals surface area contributed by atoms with Gasteiger partial charge in [-0.3, -0.25) is 9.59 Å². The summed E-state index contributed by atoms with van der Waals surface area (Å²) < 4.78 is 0. The highest BCUT2D eigenvalue weighted by Gasteiger charge is 2.63. The molecule has 48 heavy (non-hydrogen) atoms. The predicted octanol–water partition coefficient (Wildman–Crippen LogP) is 9.22. The maximum Gasteiger partial charge on any atom is 0.182 e. The van der Waals surface area contributed by atoms with E-state index >= 15 is 0 Å². The van der Waals surface area contributed by atoms with Gasteiger partial charge in [0.2, 0.25) is 0 Å². The molecule has 6 fully saturated rings. The molecule has 12 rings (SSSR count). The molecule has 9 aliphatic rings. The van der Waals surface area contributed by atoms with Gasteiger partial charge >= 0.3 is 0 Å². The van der Waals surface area contributed by atoms with Gasteiger partial charge in [-0.1, -0.05) is 0 Å². The van der Waals surface area contributed by atoms with Crippen molar-refractivity contribution in [2.75, 3.05) is 0 Å². The highest BCUT2D eigenvalue weighted by molar-refractivity contribution is 6.18. The van der Waals surface area contributed by atoms with Crippen LogP contribution in [-0.2, 0) is 15.0 Å². The zero-order valence-corrected chi connectivity index (χ0v) is 27.3. The second-order valence-corrected chi connectivity index (χ2v) is 15.8. The number of aromatic amines is 2. The summed E-state index contributed by atoms with van der Waals surface area (Å²) in [6.45, 7) is 0. The zero-order valence-electron chi connectivity index (χ0n) is 27.3. The Kier molecular flexibility index (Phi) is 5.91. The van der Waals surface area contributed by atoms with Crippen LogP contribution in [0.15, 0.2) is 66.3 Å². The highest BCUT2D eigenvalue weighted by Crippen LogP contribution is 2.73. The van der Waals surface area contributed by atoms with Gasteiger partial charge in [0.1, 0.15) is 0 Å². The Morgan fingerprint density at radius 2 is 0.958 bits per heavy atom. The van der Waals surface area contributed by atoms with Crippen molar-refractivity contribution < 1.29 is 9.59 Å². The first kappa shape index (κ1) is 28.4. The number of hydrogen-bond acceptors (Lipinski definition) is 4. The summed E-state index contributed by atoms with van der Waals surface area (Å²) in [6.07, 6.45) is 27.3. The number of nitrogens with zero attached hydrogens (tertiary/aromatic N) is 2. The van der Waals surface area contributed by atoms with Crippen molar-refractivity contribution in [3.8, 4) is 0 Å². The Morgan fingerprint density at radius 1 is 0.500 bits per heavy atom. The molecule has 5 heterocycles. The summed E-state index contributed by atoms with van der Waals surface area (Å²) in [5.74, 6) is 0.0346. The van der Waals surface area contributed by atoms with Crippen molar-refractivity contribution in [1.29, 1.82) is 0 Å². The first-order chi connectivity index (χ1) is 23.3. The lowest BCUT2D eigenvalue weighted by Gasteiger charge is -2.67.